The topological polar surface area (TPSA) is 24.9 Å². The van der Waals surface area contributed by atoms with Crippen LogP contribution in [0, 0.1) is 11.6 Å². The number of aromatic nitrogens is 1. The summed E-state index contributed by atoms with van der Waals surface area (Å²) in [6.07, 6.45) is 3.17. The van der Waals surface area contributed by atoms with Gasteiger partial charge in [0.05, 0.1) is 5.02 Å². The van der Waals surface area contributed by atoms with Gasteiger partial charge in [0.2, 0.25) is 0 Å². The lowest BCUT2D eigenvalue weighted by molar-refractivity contribution is 0.568. The Morgan fingerprint density at radius 1 is 1.11 bits per heavy atom. The predicted molar refractivity (Wildman–Crippen MR) is 66.1 cm³/mol. The van der Waals surface area contributed by atoms with Gasteiger partial charge < -0.3 is 5.32 Å². The molecular weight excluding hydrogens is 258 g/mol. The largest absolute Gasteiger partial charge is 0.308 e. The van der Waals surface area contributed by atoms with Gasteiger partial charge in [0, 0.05) is 31.0 Å². The van der Waals surface area contributed by atoms with Gasteiger partial charge in [-0.25, -0.2) is 8.78 Å². The quantitative estimate of drug-likeness (QED) is 0.920. The van der Waals surface area contributed by atoms with Crippen molar-refractivity contribution in [2.75, 3.05) is 0 Å². The molecule has 2 aromatic rings. The molecular formula is C13H11ClF2N2. The third-order valence-corrected chi connectivity index (χ3v) is 2.84. The smallest absolute Gasteiger partial charge is 0.127 e. The number of rotatable bonds is 4. The predicted octanol–water partition coefficient (Wildman–Crippen LogP) is 3.30. The maximum Gasteiger partial charge on any atom is 0.127 e. The number of benzene rings is 1. The van der Waals surface area contributed by atoms with Crippen LogP contribution in [-0.2, 0) is 13.1 Å². The fraction of sp³-hybridized carbons (Fsp3) is 0.154. The first-order chi connectivity index (χ1) is 8.66. The molecule has 1 aromatic heterocycles. The van der Waals surface area contributed by atoms with Crippen LogP contribution in [-0.4, -0.2) is 4.98 Å². The maximum absolute atomic E-state index is 13.3. The Kier molecular flexibility index (Phi) is 4.23. The normalized spacial score (nSPS) is 10.6. The van der Waals surface area contributed by atoms with Crippen molar-refractivity contribution in [2.45, 2.75) is 13.1 Å². The number of halogens is 3. The minimum atomic E-state index is -0.449. The molecule has 2 rings (SSSR count). The van der Waals surface area contributed by atoms with Gasteiger partial charge in [0.25, 0.3) is 0 Å². The third kappa shape index (κ3) is 3.24. The van der Waals surface area contributed by atoms with Crippen molar-refractivity contribution in [1.82, 2.24) is 10.3 Å². The van der Waals surface area contributed by atoms with Gasteiger partial charge in [-0.15, -0.1) is 0 Å². The molecule has 1 heterocycles. The molecule has 0 saturated heterocycles. The van der Waals surface area contributed by atoms with E-state index < -0.39 is 11.6 Å². The highest BCUT2D eigenvalue weighted by Gasteiger charge is 2.04. The van der Waals surface area contributed by atoms with E-state index in [1.54, 1.807) is 18.5 Å². The van der Waals surface area contributed by atoms with Crippen molar-refractivity contribution < 1.29 is 8.78 Å². The minimum absolute atomic E-state index is 0.238. The first-order valence-electron chi connectivity index (χ1n) is 5.40. The molecule has 94 valence electrons. The van der Waals surface area contributed by atoms with Crippen LogP contribution in [0.1, 0.15) is 11.1 Å². The van der Waals surface area contributed by atoms with Gasteiger partial charge >= 0.3 is 0 Å². The molecule has 0 aliphatic heterocycles. The van der Waals surface area contributed by atoms with E-state index in [0.29, 0.717) is 17.1 Å². The number of nitrogens with zero attached hydrogens (tertiary/aromatic N) is 1. The zero-order valence-corrected chi connectivity index (χ0v) is 10.2. The maximum atomic E-state index is 13.3. The molecule has 0 atom stereocenters. The second kappa shape index (κ2) is 5.89. The summed E-state index contributed by atoms with van der Waals surface area (Å²) in [5, 5.41) is 3.55. The summed E-state index contributed by atoms with van der Waals surface area (Å²) in [5.74, 6) is -0.875. The summed E-state index contributed by atoms with van der Waals surface area (Å²) in [4.78, 5) is 3.87. The highest BCUT2D eigenvalue weighted by atomic mass is 35.5. The van der Waals surface area contributed by atoms with E-state index in [1.807, 2.05) is 0 Å². The van der Waals surface area contributed by atoms with Crippen LogP contribution < -0.4 is 5.32 Å². The van der Waals surface area contributed by atoms with E-state index in [0.717, 1.165) is 17.7 Å². The van der Waals surface area contributed by atoms with Gasteiger partial charge in [0.15, 0.2) is 0 Å². The summed E-state index contributed by atoms with van der Waals surface area (Å²) in [7, 11) is 0. The van der Waals surface area contributed by atoms with Crippen molar-refractivity contribution in [3.05, 3.63) is 64.4 Å². The molecule has 0 aliphatic carbocycles. The van der Waals surface area contributed by atoms with Crippen LogP contribution in [0.15, 0.2) is 36.7 Å². The van der Waals surface area contributed by atoms with Gasteiger partial charge in [-0.3, -0.25) is 4.98 Å². The lowest BCUT2D eigenvalue weighted by Gasteiger charge is -2.07. The minimum Gasteiger partial charge on any atom is -0.308 e. The lowest BCUT2D eigenvalue weighted by atomic mass is 10.2. The molecule has 2 nitrogen and oxygen atoms in total. The molecule has 5 heteroatoms. The Labute approximate surface area is 109 Å². The van der Waals surface area contributed by atoms with Gasteiger partial charge in [-0.2, -0.15) is 0 Å². The molecule has 1 aromatic carbocycles. The SMILES string of the molecule is Fc1ccc(F)c(CNCc2ccncc2Cl)c1. The van der Waals surface area contributed by atoms with E-state index in [9.17, 15) is 8.78 Å². The number of nitrogens with one attached hydrogen (secondary N) is 1. The van der Waals surface area contributed by atoms with Crippen LogP contribution >= 0.6 is 11.6 Å². The monoisotopic (exact) mass is 268 g/mol. The first-order valence-corrected chi connectivity index (χ1v) is 5.77. The van der Waals surface area contributed by atoms with Gasteiger partial charge in [-0.1, -0.05) is 11.6 Å². The fourth-order valence-electron chi connectivity index (χ4n) is 1.56. The summed E-state index contributed by atoms with van der Waals surface area (Å²) in [5.41, 5.74) is 1.16. The molecule has 0 spiro atoms. The van der Waals surface area contributed by atoms with E-state index in [1.165, 1.54) is 6.07 Å². The molecule has 0 unspecified atom stereocenters. The highest BCUT2D eigenvalue weighted by Crippen LogP contribution is 2.14. The molecule has 0 radical (unpaired) electrons. The van der Waals surface area contributed by atoms with Crippen molar-refractivity contribution in [3.63, 3.8) is 0 Å². The molecule has 0 aliphatic rings. The van der Waals surface area contributed by atoms with Crippen LogP contribution in [0.2, 0.25) is 5.02 Å². The zero-order valence-electron chi connectivity index (χ0n) is 9.46. The molecule has 0 fully saturated rings. The van der Waals surface area contributed by atoms with Crippen LogP contribution in [0.25, 0.3) is 0 Å². The van der Waals surface area contributed by atoms with Gasteiger partial charge in [0.1, 0.15) is 11.6 Å². The summed E-state index contributed by atoms with van der Waals surface area (Å²) >= 11 is 5.93. The van der Waals surface area contributed by atoms with Crippen LogP contribution in [0.4, 0.5) is 8.78 Å². The van der Waals surface area contributed by atoms with Gasteiger partial charge in [-0.05, 0) is 29.8 Å². The Morgan fingerprint density at radius 2 is 1.89 bits per heavy atom. The van der Waals surface area contributed by atoms with E-state index in [2.05, 4.69) is 10.3 Å². The zero-order chi connectivity index (χ0) is 13.0. The summed E-state index contributed by atoms with van der Waals surface area (Å²) in [6.45, 7) is 0.708. The summed E-state index contributed by atoms with van der Waals surface area (Å²) < 4.78 is 26.3. The third-order valence-electron chi connectivity index (χ3n) is 2.50. The van der Waals surface area contributed by atoms with Crippen molar-refractivity contribution >= 4 is 11.6 Å². The molecule has 18 heavy (non-hydrogen) atoms. The van der Waals surface area contributed by atoms with Crippen molar-refractivity contribution in [2.24, 2.45) is 0 Å². The number of pyridine rings is 1. The van der Waals surface area contributed by atoms with E-state index in [-0.39, 0.29) is 6.54 Å². The number of hydrogen-bond acceptors (Lipinski definition) is 2. The van der Waals surface area contributed by atoms with Crippen LogP contribution in [0.3, 0.4) is 0 Å². The average molecular weight is 269 g/mol. The highest BCUT2D eigenvalue weighted by molar-refractivity contribution is 6.31. The molecule has 0 saturated carbocycles. The average Bonchev–Trinajstić information content (AvgIpc) is 2.36. The Bertz CT molecular complexity index is 546. The van der Waals surface area contributed by atoms with E-state index in [4.69, 9.17) is 11.6 Å². The molecule has 1 N–H and O–H groups in total. The Morgan fingerprint density at radius 3 is 2.67 bits per heavy atom. The van der Waals surface area contributed by atoms with Crippen molar-refractivity contribution in [3.8, 4) is 0 Å². The Balaban J connectivity index is 1.96. The standard InChI is InChI=1S/C13H11ClF2N2/c14-12-8-17-4-3-9(12)6-18-7-10-5-11(15)1-2-13(10)16/h1-5,8,18H,6-7H2. The first kappa shape index (κ1) is 12.9. The second-order valence-corrected chi connectivity index (χ2v) is 4.21. The summed E-state index contributed by atoms with van der Waals surface area (Å²) in [6, 6.07) is 5.16. The van der Waals surface area contributed by atoms with E-state index >= 15 is 0 Å². The van der Waals surface area contributed by atoms with Crippen LogP contribution in [0.5, 0.6) is 0 Å². The molecule has 0 bridgehead atoms. The Hall–Kier alpha value is -1.52. The molecule has 0 amide bonds. The fourth-order valence-corrected chi connectivity index (χ4v) is 1.74. The van der Waals surface area contributed by atoms with Crippen molar-refractivity contribution in [1.29, 1.82) is 0 Å². The lowest BCUT2D eigenvalue weighted by Crippen LogP contribution is -2.14. The second-order valence-electron chi connectivity index (χ2n) is 3.81. The number of hydrogen-bond donors (Lipinski definition) is 1.